The molecule has 0 spiro atoms. The smallest absolute Gasteiger partial charge is 0.475 e. The van der Waals surface area contributed by atoms with Crippen molar-refractivity contribution in [2.24, 2.45) is 11.8 Å². The number of imide groups is 1. The quantitative estimate of drug-likeness (QED) is 0.321. The molecule has 3 aliphatic heterocycles. The minimum absolute atomic E-state index is 0.0317. The molecule has 0 unspecified atom stereocenters. The molecule has 1 aromatic heterocycles. The van der Waals surface area contributed by atoms with Gasteiger partial charge in [-0.15, -0.1) is 11.3 Å². The Bertz CT molecular complexity index is 1360. The predicted octanol–water partition coefficient (Wildman–Crippen LogP) is 3.93. The van der Waals surface area contributed by atoms with Gasteiger partial charge >= 0.3 is 18.1 Å². The van der Waals surface area contributed by atoms with E-state index in [1.807, 2.05) is 40.6 Å². The van der Waals surface area contributed by atoms with Crippen LogP contribution in [-0.2, 0) is 23.9 Å². The maximum absolute atomic E-state index is 13.3. The monoisotopic (exact) mass is 580 g/mol. The summed E-state index contributed by atoms with van der Waals surface area (Å²) in [5.41, 5.74) is 1.48. The van der Waals surface area contributed by atoms with Crippen LogP contribution in [0.5, 0.6) is 0 Å². The highest BCUT2D eigenvalue weighted by Crippen LogP contribution is 2.59. The number of hydrogen-bond acceptors (Lipinski definition) is 8. The third kappa shape index (κ3) is 4.70. The van der Waals surface area contributed by atoms with Crippen LogP contribution in [0.3, 0.4) is 0 Å². The molecular weight excluding hydrogens is 553 g/mol. The van der Waals surface area contributed by atoms with Gasteiger partial charge in [0.1, 0.15) is 5.54 Å². The number of benzene rings is 1. The summed E-state index contributed by atoms with van der Waals surface area (Å²) in [5.74, 6) is -4.95. The number of amides is 2. The number of ether oxygens (including phenoxy) is 1. The molecule has 4 atom stereocenters. The van der Waals surface area contributed by atoms with Crippen LogP contribution < -0.4 is 0 Å². The van der Waals surface area contributed by atoms with Crippen molar-refractivity contribution in [1.82, 2.24) is 9.80 Å². The first kappa shape index (κ1) is 29.4. The predicted molar refractivity (Wildman–Crippen MR) is 136 cm³/mol. The number of nitrogens with zero attached hydrogens (tertiary/aromatic N) is 2. The van der Waals surface area contributed by atoms with Crippen molar-refractivity contribution in [2.75, 3.05) is 20.2 Å². The Labute approximate surface area is 231 Å². The van der Waals surface area contributed by atoms with E-state index in [4.69, 9.17) is 14.6 Å². The standard InChI is InChI=1S/C25H26N2O5S.C2HF3O2/c1-4-26-22(29)19-20(23(26)30)25(24(31)32-3)10-5-11-27(25)21(19)16-8-6-15(7-9-16)18-12-17(13-33-18)14(2)28;3-2(4,5)1(6)7/h6-9,12-13,19-21H,4-5,10-11H2,1-3H3;(H,6,7)/t19-,20-,21-,25+;/m1./s1. The average molecular weight is 581 g/mol. The first-order chi connectivity index (χ1) is 18.8. The van der Waals surface area contributed by atoms with Crippen LogP contribution >= 0.6 is 11.3 Å². The van der Waals surface area contributed by atoms with E-state index in [-0.39, 0.29) is 23.6 Å². The molecule has 9 nitrogen and oxygen atoms in total. The van der Waals surface area contributed by atoms with Gasteiger partial charge in [0, 0.05) is 28.4 Å². The van der Waals surface area contributed by atoms with Crippen molar-refractivity contribution in [1.29, 1.82) is 0 Å². The first-order valence-corrected chi connectivity index (χ1v) is 13.4. The Balaban J connectivity index is 0.000000470. The van der Waals surface area contributed by atoms with Crippen molar-refractivity contribution in [3.05, 3.63) is 46.8 Å². The van der Waals surface area contributed by atoms with Gasteiger partial charge < -0.3 is 9.84 Å². The molecule has 40 heavy (non-hydrogen) atoms. The third-order valence-electron chi connectivity index (χ3n) is 7.74. The number of halogens is 3. The van der Waals surface area contributed by atoms with Gasteiger partial charge in [-0.05, 0) is 50.4 Å². The molecule has 0 aliphatic carbocycles. The molecule has 3 fully saturated rings. The number of rotatable bonds is 5. The van der Waals surface area contributed by atoms with E-state index in [2.05, 4.69) is 0 Å². The highest BCUT2D eigenvalue weighted by Gasteiger charge is 2.73. The molecule has 214 valence electrons. The van der Waals surface area contributed by atoms with Crippen LogP contribution in [0, 0.1) is 11.8 Å². The molecule has 3 aliphatic rings. The molecule has 0 radical (unpaired) electrons. The number of carboxylic acid groups (broad SMARTS) is 1. The zero-order chi connectivity index (χ0) is 29.6. The highest BCUT2D eigenvalue weighted by molar-refractivity contribution is 7.13. The van der Waals surface area contributed by atoms with Crippen molar-refractivity contribution < 1.29 is 47.0 Å². The maximum Gasteiger partial charge on any atom is 0.490 e. The minimum atomic E-state index is -5.08. The zero-order valence-electron chi connectivity index (χ0n) is 21.9. The van der Waals surface area contributed by atoms with E-state index in [9.17, 15) is 32.3 Å². The zero-order valence-corrected chi connectivity index (χ0v) is 22.7. The van der Waals surface area contributed by atoms with Gasteiger partial charge in [0.2, 0.25) is 11.8 Å². The van der Waals surface area contributed by atoms with Crippen molar-refractivity contribution in [3.63, 3.8) is 0 Å². The minimum Gasteiger partial charge on any atom is -0.475 e. The van der Waals surface area contributed by atoms with E-state index in [0.717, 1.165) is 22.4 Å². The van der Waals surface area contributed by atoms with Crippen LogP contribution in [0.15, 0.2) is 35.7 Å². The second-order valence-electron chi connectivity index (χ2n) is 9.76. The number of carbonyl (C=O) groups is 5. The second-order valence-corrected chi connectivity index (χ2v) is 10.7. The summed E-state index contributed by atoms with van der Waals surface area (Å²) < 4.78 is 36.9. The second kappa shape index (κ2) is 10.8. The van der Waals surface area contributed by atoms with Crippen molar-refractivity contribution in [2.45, 2.75) is 44.4 Å². The van der Waals surface area contributed by atoms with Crippen LogP contribution in [0.2, 0.25) is 0 Å². The fourth-order valence-corrected chi connectivity index (χ4v) is 7.04. The Morgan fingerprint density at radius 1 is 1.15 bits per heavy atom. The Hall–Kier alpha value is -3.58. The molecule has 13 heteroatoms. The normalized spacial score (nSPS) is 25.8. The molecule has 5 rings (SSSR count). The number of likely N-dealkylation sites (tertiary alicyclic amines) is 1. The van der Waals surface area contributed by atoms with E-state index in [1.165, 1.54) is 23.3 Å². The first-order valence-electron chi connectivity index (χ1n) is 12.5. The number of ketones is 1. The molecule has 3 saturated heterocycles. The molecule has 1 N–H and O–H groups in total. The fourth-order valence-electron chi connectivity index (χ4n) is 6.09. The SMILES string of the molecule is CCN1C(=O)[C@H]2[C@@H](c3ccc(-c4cc(C(C)=O)cs4)cc3)N3CCC[C@@]3(C(=O)OC)[C@H]2C1=O.O=C(O)C(F)(F)F. The number of alkyl halides is 3. The molecule has 4 heterocycles. The number of thiophene rings is 1. The van der Waals surface area contributed by atoms with Gasteiger partial charge in [-0.3, -0.25) is 29.0 Å². The molecule has 1 aromatic carbocycles. The largest absolute Gasteiger partial charge is 0.490 e. The lowest BCUT2D eigenvalue weighted by Crippen LogP contribution is -2.54. The summed E-state index contributed by atoms with van der Waals surface area (Å²) in [4.78, 5) is 64.7. The molecule has 0 bridgehead atoms. The number of carboxylic acids is 1. The van der Waals surface area contributed by atoms with E-state index in [1.54, 1.807) is 13.8 Å². The van der Waals surface area contributed by atoms with Gasteiger partial charge in [-0.25, -0.2) is 4.79 Å². The van der Waals surface area contributed by atoms with Gasteiger partial charge in [-0.2, -0.15) is 13.2 Å². The molecular formula is C27H27F3N2O7S. The summed E-state index contributed by atoms with van der Waals surface area (Å²) in [7, 11) is 1.35. The summed E-state index contributed by atoms with van der Waals surface area (Å²) >= 11 is 1.51. The average Bonchev–Trinajstić information content (AvgIpc) is 3.66. The number of fused-ring (bicyclic) bond motifs is 3. The summed E-state index contributed by atoms with van der Waals surface area (Å²) in [6, 6.07) is 9.43. The van der Waals surface area contributed by atoms with E-state index >= 15 is 0 Å². The molecule has 2 aromatic rings. The fraction of sp³-hybridized carbons (Fsp3) is 0.444. The lowest BCUT2D eigenvalue weighted by atomic mass is 9.77. The van der Waals surface area contributed by atoms with Gasteiger partial charge in [0.05, 0.1) is 18.9 Å². The lowest BCUT2D eigenvalue weighted by Gasteiger charge is -2.36. The third-order valence-corrected chi connectivity index (χ3v) is 8.72. The Kier molecular flexibility index (Phi) is 7.92. The summed E-state index contributed by atoms with van der Waals surface area (Å²) in [5, 5.41) is 8.98. The summed E-state index contributed by atoms with van der Waals surface area (Å²) in [6.07, 6.45) is -3.81. The topological polar surface area (TPSA) is 121 Å². The van der Waals surface area contributed by atoms with Crippen LogP contribution in [-0.4, -0.2) is 76.4 Å². The van der Waals surface area contributed by atoms with Crippen LogP contribution in [0.25, 0.3) is 10.4 Å². The number of aliphatic carboxylic acids is 1. The van der Waals surface area contributed by atoms with Crippen LogP contribution in [0.1, 0.15) is 48.7 Å². The number of hydrogen-bond donors (Lipinski definition) is 1. The van der Waals surface area contributed by atoms with Crippen molar-refractivity contribution in [3.8, 4) is 10.4 Å². The number of esters is 1. The van der Waals surface area contributed by atoms with Gasteiger partial charge in [0.15, 0.2) is 5.78 Å². The number of methoxy groups -OCH3 is 1. The van der Waals surface area contributed by atoms with Gasteiger partial charge in [-0.1, -0.05) is 24.3 Å². The molecule has 2 amide bonds. The Morgan fingerprint density at radius 3 is 2.27 bits per heavy atom. The molecule has 0 saturated carbocycles. The van der Waals surface area contributed by atoms with E-state index < -0.39 is 35.5 Å². The van der Waals surface area contributed by atoms with Crippen LogP contribution in [0.4, 0.5) is 13.2 Å². The van der Waals surface area contributed by atoms with Crippen molar-refractivity contribution >= 4 is 40.9 Å². The lowest BCUT2D eigenvalue weighted by molar-refractivity contribution is -0.192. The summed E-state index contributed by atoms with van der Waals surface area (Å²) in [6.45, 7) is 4.27. The number of carbonyl (C=O) groups excluding carboxylic acids is 4. The highest BCUT2D eigenvalue weighted by atomic mass is 32.1. The maximum atomic E-state index is 13.3. The van der Waals surface area contributed by atoms with Gasteiger partial charge in [0.25, 0.3) is 0 Å². The van der Waals surface area contributed by atoms with E-state index in [0.29, 0.717) is 25.1 Å². The Morgan fingerprint density at radius 2 is 1.77 bits per heavy atom. The number of Topliss-reactive ketones (excluding diaryl/α,β-unsaturated/α-hetero) is 1.